The Balaban J connectivity index is 2.13. The van der Waals surface area contributed by atoms with E-state index in [1.165, 1.54) is 17.2 Å². The molecule has 1 fully saturated rings. The fourth-order valence-electron chi connectivity index (χ4n) is 2.53. The Morgan fingerprint density at radius 2 is 2.17 bits per heavy atom. The van der Waals surface area contributed by atoms with Gasteiger partial charge < -0.3 is 10.2 Å². The van der Waals surface area contributed by atoms with Crippen molar-refractivity contribution in [2.75, 3.05) is 18.6 Å². The Kier molecular flexibility index (Phi) is 5.58. The summed E-state index contributed by atoms with van der Waals surface area (Å²) in [6.07, 6.45) is 2.65. The molecule has 0 bridgehead atoms. The van der Waals surface area contributed by atoms with Gasteiger partial charge in [0.05, 0.1) is 11.5 Å². The highest BCUT2D eigenvalue weighted by molar-refractivity contribution is 7.91. The third-order valence-electron chi connectivity index (χ3n) is 4.31. The standard InChI is InChI=1S/C16H23N3O4S/c1-4-11(2)18-15(20)12-5-7-17-14(9-12)16(21)19(3)13-6-8-24(22,23)10-13/h5,7,9,11,13H,4,6,8,10H2,1-3H3,(H,18,20). The summed E-state index contributed by atoms with van der Waals surface area (Å²) in [7, 11) is -1.50. The van der Waals surface area contributed by atoms with Gasteiger partial charge in [-0.2, -0.15) is 0 Å². The number of sulfone groups is 1. The highest BCUT2D eigenvalue weighted by Gasteiger charge is 2.33. The fourth-order valence-corrected chi connectivity index (χ4v) is 4.30. The molecular formula is C16H23N3O4S. The van der Waals surface area contributed by atoms with Crippen LogP contribution in [-0.4, -0.2) is 60.8 Å². The average molecular weight is 353 g/mol. The Morgan fingerprint density at radius 1 is 1.46 bits per heavy atom. The molecule has 2 atom stereocenters. The maximum absolute atomic E-state index is 12.5. The normalized spacial score (nSPS) is 20.4. The number of nitrogens with one attached hydrogen (secondary N) is 1. The van der Waals surface area contributed by atoms with E-state index in [-0.39, 0.29) is 41.1 Å². The van der Waals surface area contributed by atoms with Crippen molar-refractivity contribution in [2.24, 2.45) is 0 Å². The molecule has 0 aliphatic carbocycles. The van der Waals surface area contributed by atoms with Crippen molar-refractivity contribution in [1.82, 2.24) is 15.2 Å². The van der Waals surface area contributed by atoms with E-state index in [0.29, 0.717) is 12.0 Å². The molecule has 0 saturated carbocycles. The highest BCUT2D eigenvalue weighted by Crippen LogP contribution is 2.18. The third kappa shape index (κ3) is 4.31. The Bertz CT molecular complexity index is 733. The van der Waals surface area contributed by atoms with Gasteiger partial charge in [0.15, 0.2) is 9.84 Å². The highest BCUT2D eigenvalue weighted by atomic mass is 32.2. The summed E-state index contributed by atoms with van der Waals surface area (Å²) in [6.45, 7) is 3.87. The zero-order valence-electron chi connectivity index (χ0n) is 14.2. The first kappa shape index (κ1) is 18.4. The number of hydrogen-bond acceptors (Lipinski definition) is 5. The van der Waals surface area contributed by atoms with E-state index in [9.17, 15) is 18.0 Å². The molecule has 1 saturated heterocycles. The SMILES string of the molecule is CCC(C)NC(=O)c1ccnc(C(=O)N(C)C2CCS(=O)(=O)C2)c1. The predicted molar refractivity (Wildman–Crippen MR) is 90.6 cm³/mol. The van der Waals surface area contributed by atoms with E-state index >= 15 is 0 Å². The van der Waals surface area contributed by atoms with Crippen molar-refractivity contribution in [3.63, 3.8) is 0 Å². The maximum atomic E-state index is 12.5. The van der Waals surface area contributed by atoms with Crippen LogP contribution in [0.5, 0.6) is 0 Å². The molecule has 1 aromatic heterocycles. The monoisotopic (exact) mass is 353 g/mol. The molecule has 8 heteroatoms. The first-order valence-electron chi connectivity index (χ1n) is 7.98. The molecule has 1 aliphatic heterocycles. The Morgan fingerprint density at radius 3 is 2.75 bits per heavy atom. The number of rotatable bonds is 5. The second-order valence-electron chi connectivity index (χ2n) is 6.19. The molecule has 2 rings (SSSR count). The van der Waals surface area contributed by atoms with Crippen molar-refractivity contribution in [1.29, 1.82) is 0 Å². The Labute approximate surface area is 142 Å². The van der Waals surface area contributed by atoms with E-state index in [1.54, 1.807) is 13.1 Å². The van der Waals surface area contributed by atoms with Crippen molar-refractivity contribution in [3.05, 3.63) is 29.6 Å². The number of amides is 2. The molecule has 24 heavy (non-hydrogen) atoms. The lowest BCUT2D eigenvalue weighted by Gasteiger charge is -2.23. The summed E-state index contributed by atoms with van der Waals surface area (Å²) in [5.41, 5.74) is 0.500. The minimum Gasteiger partial charge on any atom is -0.350 e. The minimum atomic E-state index is -3.07. The largest absolute Gasteiger partial charge is 0.350 e. The van der Waals surface area contributed by atoms with Crippen LogP contribution in [-0.2, 0) is 9.84 Å². The van der Waals surface area contributed by atoms with Crippen molar-refractivity contribution in [3.8, 4) is 0 Å². The van der Waals surface area contributed by atoms with Crippen LogP contribution in [0.3, 0.4) is 0 Å². The summed E-state index contributed by atoms with van der Waals surface area (Å²) in [6, 6.07) is 2.69. The summed E-state index contributed by atoms with van der Waals surface area (Å²) in [5, 5.41) is 2.84. The molecule has 7 nitrogen and oxygen atoms in total. The summed E-state index contributed by atoms with van der Waals surface area (Å²) < 4.78 is 23.1. The van der Waals surface area contributed by atoms with Crippen LogP contribution in [0, 0.1) is 0 Å². The van der Waals surface area contributed by atoms with Gasteiger partial charge in [-0.3, -0.25) is 14.6 Å². The zero-order valence-corrected chi connectivity index (χ0v) is 15.0. The van der Waals surface area contributed by atoms with Crippen LogP contribution in [0.4, 0.5) is 0 Å². The molecule has 1 aromatic rings. The molecule has 132 valence electrons. The number of aromatic nitrogens is 1. The van der Waals surface area contributed by atoms with Gasteiger partial charge in [-0.25, -0.2) is 8.42 Å². The molecule has 2 heterocycles. The van der Waals surface area contributed by atoms with Gasteiger partial charge in [0.25, 0.3) is 11.8 Å². The van der Waals surface area contributed by atoms with Gasteiger partial charge in [0, 0.05) is 30.9 Å². The molecule has 0 spiro atoms. The van der Waals surface area contributed by atoms with E-state index < -0.39 is 9.84 Å². The van der Waals surface area contributed by atoms with Gasteiger partial charge in [-0.15, -0.1) is 0 Å². The fraction of sp³-hybridized carbons (Fsp3) is 0.562. The lowest BCUT2D eigenvalue weighted by Crippen LogP contribution is -2.38. The topological polar surface area (TPSA) is 96.4 Å². The molecule has 2 unspecified atom stereocenters. The van der Waals surface area contributed by atoms with E-state index in [1.807, 2.05) is 13.8 Å². The van der Waals surface area contributed by atoms with Crippen molar-refractivity contribution in [2.45, 2.75) is 38.8 Å². The van der Waals surface area contributed by atoms with Crippen LogP contribution < -0.4 is 5.32 Å². The Hall–Kier alpha value is -1.96. The third-order valence-corrected chi connectivity index (χ3v) is 6.06. The number of hydrogen-bond donors (Lipinski definition) is 1. The van der Waals surface area contributed by atoms with E-state index in [4.69, 9.17) is 0 Å². The summed E-state index contributed by atoms with van der Waals surface area (Å²) in [5.74, 6) is -0.564. The predicted octanol–water partition coefficient (Wildman–Crippen LogP) is 0.869. The quantitative estimate of drug-likeness (QED) is 0.847. The molecule has 0 radical (unpaired) electrons. The van der Waals surface area contributed by atoms with Crippen LogP contribution in [0.1, 0.15) is 47.5 Å². The summed E-state index contributed by atoms with van der Waals surface area (Å²) >= 11 is 0. The van der Waals surface area contributed by atoms with Crippen LogP contribution in [0.2, 0.25) is 0 Å². The molecule has 1 N–H and O–H groups in total. The number of nitrogens with zero attached hydrogens (tertiary/aromatic N) is 2. The van der Waals surface area contributed by atoms with Crippen LogP contribution in [0.25, 0.3) is 0 Å². The molecular weight excluding hydrogens is 330 g/mol. The van der Waals surface area contributed by atoms with Crippen molar-refractivity contribution < 1.29 is 18.0 Å². The first-order valence-corrected chi connectivity index (χ1v) is 9.80. The van der Waals surface area contributed by atoms with Crippen LogP contribution in [0.15, 0.2) is 18.3 Å². The number of carbonyl (C=O) groups excluding carboxylic acids is 2. The number of pyridine rings is 1. The van der Waals surface area contributed by atoms with Crippen molar-refractivity contribution >= 4 is 21.7 Å². The van der Waals surface area contributed by atoms with Gasteiger partial charge in [-0.1, -0.05) is 6.92 Å². The minimum absolute atomic E-state index is 0.0244. The van der Waals surface area contributed by atoms with Gasteiger partial charge in [0.1, 0.15) is 5.69 Å². The van der Waals surface area contributed by atoms with Gasteiger partial charge in [0.2, 0.25) is 0 Å². The lowest BCUT2D eigenvalue weighted by atomic mass is 10.1. The lowest BCUT2D eigenvalue weighted by molar-refractivity contribution is 0.0742. The second-order valence-corrected chi connectivity index (χ2v) is 8.41. The average Bonchev–Trinajstić information content (AvgIpc) is 2.93. The molecule has 2 amide bonds. The van der Waals surface area contributed by atoms with E-state index in [0.717, 1.165) is 6.42 Å². The van der Waals surface area contributed by atoms with E-state index in [2.05, 4.69) is 10.3 Å². The maximum Gasteiger partial charge on any atom is 0.272 e. The molecule has 0 aromatic carbocycles. The smallest absolute Gasteiger partial charge is 0.272 e. The van der Waals surface area contributed by atoms with Gasteiger partial charge >= 0.3 is 0 Å². The number of carbonyl (C=O) groups is 2. The first-order chi connectivity index (χ1) is 11.2. The van der Waals surface area contributed by atoms with Crippen LogP contribution >= 0.6 is 0 Å². The van der Waals surface area contributed by atoms with Gasteiger partial charge in [-0.05, 0) is 31.9 Å². The summed E-state index contributed by atoms with van der Waals surface area (Å²) in [4.78, 5) is 30.1. The second kappa shape index (κ2) is 7.29. The zero-order chi connectivity index (χ0) is 17.9. The molecule has 1 aliphatic rings.